The zero-order valence-electron chi connectivity index (χ0n) is 9.99. The molecule has 1 saturated heterocycles. The van der Waals surface area contributed by atoms with Crippen molar-refractivity contribution in [3.63, 3.8) is 0 Å². The summed E-state index contributed by atoms with van der Waals surface area (Å²) >= 11 is 1.65. The quantitative estimate of drug-likeness (QED) is 0.497. The van der Waals surface area contributed by atoms with E-state index in [0.717, 1.165) is 23.6 Å². The molecule has 0 bridgehead atoms. The van der Waals surface area contributed by atoms with Crippen molar-refractivity contribution < 1.29 is 4.39 Å². The monoisotopic (exact) mass is 254 g/mol. The van der Waals surface area contributed by atoms with Gasteiger partial charge in [0.15, 0.2) is 0 Å². The first-order valence-corrected chi connectivity index (χ1v) is 7.14. The Kier molecular flexibility index (Phi) is 4.68. The Bertz CT molecular complexity index is 364. The van der Waals surface area contributed by atoms with Crippen molar-refractivity contribution in [2.75, 3.05) is 31.1 Å². The van der Waals surface area contributed by atoms with Gasteiger partial charge in [0.2, 0.25) is 0 Å². The van der Waals surface area contributed by atoms with Crippen molar-refractivity contribution in [2.45, 2.75) is 24.2 Å². The van der Waals surface area contributed by atoms with Crippen LogP contribution >= 0.6 is 11.8 Å². The first-order valence-electron chi connectivity index (χ1n) is 6.16. The maximum Gasteiger partial charge on any atom is 0.124 e. The van der Waals surface area contributed by atoms with Crippen molar-refractivity contribution in [2.24, 2.45) is 0 Å². The lowest BCUT2D eigenvalue weighted by atomic mass is 10.3. The Labute approximate surface area is 106 Å². The molecule has 1 aliphatic rings. The van der Waals surface area contributed by atoms with Gasteiger partial charge in [-0.15, -0.1) is 11.8 Å². The van der Waals surface area contributed by atoms with Crippen LogP contribution in [0.1, 0.15) is 19.3 Å². The summed E-state index contributed by atoms with van der Waals surface area (Å²) in [7, 11) is 0. The van der Waals surface area contributed by atoms with Crippen molar-refractivity contribution in [3.8, 4) is 0 Å². The fourth-order valence-corrected chi connectivity index (χ4v) is 3.03. The molecule has 0 amide bonds. The van der Waals surface area contributed by atoms with E-state index in [9.17, 15) is 4.39 Å². The predicted octanol–water partition coefficient (Wildman–Crippen LogP) is 2.99. The van der Waals surface area contributed by atoms with Crippen LogP contribution in [0.4, 0.5) is 10.1 Å². The van der Waals surface area contributed by atoms with Crippen LogP contribution in [0.5, 0.6) is 0 Å². The molecule has 2 nitrogen and oxygen atoms in total. The molecule has 0 unspecified atom stereocenters. The Hall–Kier alpha value is -0.740. The maximum atomic E-state index is 13.0. The zero-order chi connectivity index (χ0) is 12.1. The summed E-state index contributed by atoms with van der Waals surface area (Å²) < 4.78 is 13.0. The van der Waals surface area contributed by atoms with Crippen LogP contribution in [0.15, 0.2) is 23.1 Å². The number of nitrogens with two attached hydrogens (primary N) is 1. The zero-order valence-corrected chi connectivity index (χ0v) is 10.8. The summed E-state index contributed by atoms with van der Waals surface area (Å²) in [6.07, 6.45) is 3.81. The molecular formula is C13H19FN2S. The molecule has 1 fully saturated rings. The van der Waals surface area contributed by atoms with E-state index in [4.69, 9.17) is 5.73 Å². The second kappa shape index (κ2) is 6.26. The van der Waals surface area contributed by atoms with E-state index in [2.05, 4.69) is 4.90 Å². The minimum atomic E-state index is -0.207. The van der Waals surface area contributed by atoms with Gasteiger partial charge in [0.05, 0.1) is 0 Å². The minimum Gasteiger partial charge on any atom is -0.398 e. The second-order valence-corrected chi connectivity index (χ2v) is 5.57. The molecule has 2 N–H and O–H groups in total. The molecule has 4 heteroatoms. The van der Waals surface area contributed by atoms with E-state index in [1.807, 2.05) is 0 Å². The summed E-state index contributed by atoms with van der Waals surface area (Å²) in [5.74, 6) is 0.797. The van der Waals surface area contributed by atoms with Crippen LogP contribution in [0.2, 0.25) is 0 Å². The van der Waals surface area contributed by atoms with E-state index >= 15 is 0 Å². The summed E-state index contributed by atoms with van der Waals surface area (Å²) in [6.45, 7) is 3.64. The number of likely N-dealkylation sites (tertiary alicyclic amines) is 1. The minimum absolute atomic E-state index is 0.207. The van der Waals surface area contributed by atoms with Gasteiger partial charge in [0.1, 0.15) is 5.82 Å². The van der Waals surface area contributed by atoms with Crippen LogP contribution in [-0.2, 0) is 0 Å². The van der Waals surface area contributed by atoms with Gasteiger partial charge < -0.3 is 10.6 Å². The Balaban J connectivity index is 1.72. The number of halogens is 1. The SMILES string of the molecule is Nc1ccc(F)cc1SCCCN1CCCC1. The number of anilines is 1. The fourth-order valence-electron chi connectivity index (χ4n) is 2.11. The highest BCUT2D eigenvalue weighted by Gasteiger charge is 2.10. The van der Waals surface area contributed by atoms with E-state index in [0.29, 0.717) is 5.69 Å². The van der Waals surface area contributed by atoms with Gasteiger partial charge in [-0.2, -0.15) is 0 Å². The van der Waals surface area contributed by atoms with Gasteiger partial charge in [-0.05, 0) is 62.8 Å². The molecule has 0 atom stereocenters. The third-order valence-corrected chi connectivity index (χ3v) is 4.21. The summed E-state index contributed by atoms with van der Waals surface area (Å²) in [5.41, 5.74) is 6.47. The molecule has 0 spiro atoms. The lowest BCUT2D eigenvalue weighted by Crippen LogP contribution is -2.20. The van der Waals surface area contributed by atoms with E-state index in [1.165, 1.54) is 38.1 Å². The van der Waals surface area contributed by atoms with E-state index in [1.54, 1.807) is 17.8 Å². The lowest BCUT2D eigenvalue weighted by molar-refractivity contribution is 0.341. The third kappa shape index (κ3) is 3.89. The number of nitrogens with zero attached hydrogens (tertiary/aromatic N) is 1. The van der Waals surface area contributed by atoms with Gasteiger partial charge in [0, 0.05) is 10.6 Å². The Morgan fingerprint density at radius 3 is 2.82 bits per heavy atom. The van der Waals surface area contributed by atoms with Crippen LogP contribution in [0, 0.1) is 5.82 Å². The standard InChI is InChI=1S/C13H19FN2S/c14-11-4-5-12(15)13(10-11)17-9-3-8-16-6-1-2-7-16/h4-5,10H,1-3,6-9,15H2. The van der Waals surface area contributed by atoms with Crippen molar-refractivity contribution >= 4 is 17.4 Å². The summed E-state index contributed by atoms with van der Waals surface area (Å²) in [5, 5.41) is 0. The molecule has 0 aliphatic carbocycles. The molecule has 0 radical (unpaired) electrons. The number of rotatable bonds is 5. The third-order valence-electron chi connectivity index (χ3n) is 3.05. The molecular weight excluding hydrogens is 235 g/mol. The topological polar surface area (TPSA) is 29.3 Å². The highest BCUT2D eigenvalue weighted by atomic mass is 32.2. The molecule has 17 heavy (non-hydrogen) atoms. The van der Waals surface area contributed by atoms with Gasteiger partial charge in [0.25, 0.3) is 0 Å². The molecule has 2 rings (SSSR count). The number of hydrogen-bond acceptors (Lipinski definition) is 3. The largest absolute Gasteiger partial charge is 0.398 e. The molecule has 0 aromatic heterocycles. The number of nitrogen functional groups attached to an aromatic ring is 1. The average molecular weight is 254 g/mol. The fraction of sp³-hybridized carbons (Fsp3) is 0.538. The van der Waals surface area contributed by atoms with Crippen molar-refractivity contribution in [1.82, 2.24) is 4.90 Å². The highest BCUT2D eigenvalue weighted by molar-refractivity contribution is 7.99. The number of hydrogen-bond donors (Lipinski definition) is 1. The van der Waals surface area contributed by atoms with E-state index in [-0.39, 0.29) is 5.82 Å². The van der Waals surface area contributed by atoms with Crippen LogP contribution in [0.3, 0.4) is 0 Å². The van der Waals surface area contributed by atoms with Crippen LogP contribution < -0.4 is 5.73 Å². The molecule has 1 aromatic rings. The Morgan fingerprint density at radius 2 is 2.06 bits per heavy atom. The second-order valence-electron chi connectivity index (χ2n) is 4.43. The smallest absolute Gasteiger partial charge is 0.124 e. The molecule has 1 aromatic carbocycles. The summed E-state index contributed by atoms with van der Waals surface area (Å²) in [4.78, 5) is 3.36. The van der Waals surface area contributed by atoms with E-state index < -0.39 is 0 Å². The van der Waals surface area contributed by atoms with Gasteiger partial charge in [-0.3, -0.25) is 0 Å². The number of benzene rings is 1. The molecule has 94 valence electrons. The normalized spacial score (nSPS) is 16.5. The number of thioether (sulfide) groups is 1. The van der Waals surface area contributed by atoms with Crippen molar-refractivity contribution in [1.29, 1.82) is 0 Å². The molecule has 0 saturated carbocycles. The maximum absolute atomic E-state index is 13.0. The van der Waals surface area contributed by atoms with Gasteiger partial charge in [-0.25, -0.2) is 4.39 Å². The molecule has 1 heterocycles. The highest BCUT2D eigenvalue weighted by Crippen LogP contribution is 2.26. The predicted molar refractivity (Wildman–Crippen MR) is 71.8 cm³/mol. The Morgan fingerprint density at radius 1 is 1.29 bits per heavy atom. The lowest BCUT2D eigenvalue weighted by Gasteiger charge is -2.13. The van der Waals surface area contributed by atoms with Crippen molar-refractivity contribution in [3.05, 3.63) is 24.0 Å². The molecule has 1 aliphatic heterocycles. The van der Waals surface area contributed by atoms with Gasteiger partial charge in [-0.1, -0.05) is 0 Å². The van der Waals surface area contributed by atoms with Crippen LogP contribution in [0.25, 0.3) is 0 Å². The van der Waals surface area contributed by atoms with Crippen LogP contribution in [-0.4, -0.2) is 30.3 Å². The first-order chi connectivity index (χ1) is 8.25. The van der Waals surface area contributed by atoms with Gasteiger partial charge >= 0.3 is 0 Å². The first kappa shape index (κ1) is 12.7. The average Bonchev–Trinajstić information content (AvgIpc) is 2.82. The summed E-state index contributed by atoms with van der Waals surface area (Å²) in [6, 6.07) is 4.57.